The number of carbonyl (C=O) groups excluding carboxylic acids is 3. The Morgan fingerprint density at radius 1 is 1.07 bits per heavy atom. The van der Waals surface area contributed by atoms with Crippen molar-refractivity contribution in [1.82, 2.24) is 0 Å². The second-order valence-corrected chi connectivity index (χ2v) is 8.92. The van der Waals surface area contributed by atoms with Gasteiger partial charge in [0.15, 0.2) is 5.60 Å². The molecule has 2 spiro atoms. The minimum Gasteiger partial charge on any atom is -0.472 e. The molecule has 4 saturated heterocycles. The van der Waals surface area contributed by atoms with Gasteiger partial charge in [0.1, 0.15) is 18.8 Å². The average Bonchev–Trinajstić information content (AvgIpc) is 3.20. The van der Waals surface area contributed by atoms with E-state index in [1.165, 1.54) is 12.5 Å². The standard InChI is InChI=1S/C20H20O8/c21-15-12-5-11-6-14-18(9-26-15)7-13(10-1-4-25-8-10)28-17(23)20(18,24)3-2-19(12,14)16(22)27-11/h1,4,8,11-14,24H,2-3,5-7,9H2/t11-,12+,13?,14-,18+,19+,20+/m0/s1. The Morgan fingerprint density at radius 3 is 2.71 bits per heavy atom. The van der Waals surface area contributed by atoms with Gasteiger partial charge in [-0.1, -0.05) is 0 Å². The maximum atomic E-state index is 13.0. The zero-order chi connectivity index (χ0) is 19.3. The van der Waals surface area contributed by atoms with E-state index in [-0.39, 0.29) is 43.9 Å². The van der Waals surface area contributed by atoms with Crippen molar-refractivity contribution < 1.29 is 38.1 Å². The first-order valence-corrected chi connectivity index (χ1v) is 9.74. The zero-order valence-corrected chi connectivity index (χ0v) is 15.1. The summed E-state index contributed by atoms with van der Waals surface area (Å²) in [5.41, 5.74) is -3.24. The molecule has 2 aliphatic carbocycles. The summed E-state index contributed by atoms with van der Waals surface area (Å²) in [4.78, 5) is 38.9. The Balaban J connectivity index is 1.55. The van der Waals surface area contributed by atoms with Crippen LogP contribution < -0.4 is 0 Å². The van der Waals surface area contributed by atoms with Gasteiger partial charge >= 0.3 is 17.9 Å². The maximum Gasteiger partial charge on any atom is 0.339 e. The molecule has 1 aromatic heterocycles. The van der Waals surface area contributed by atoms with E-state index in [4.69, 9.17) is 18.6 Å². The third-order valence-corrected chi connectivity index (χ3v) is 8.09. The molecular weight excluding hydrogens is 368 g/mol. The monoisotopic (exact) mass is 388 g/mol. The van der Waals surface area contributed by atoms with Crippen molar-refractivity contribution in [2.24, 2.45) is 22.7 Å². The van der Waals surface area contributed by atoms with Crippen LogP contribution in [0.1, 0.15) is 43.8 Å². The number of cyclic esters (lactones) is 2. The molecule has 148 valence electrons. The molecule has 8 nitrogen and oxygen atoms in total. The van der Waals surface area contributed by atoms with E-state index in [2.05, 4.69) is 0 Å². The summed E-state index contributed by atoms with van der Waals surface area (Å²) in [5.74, 6) is -2.48. The number of esters is 3. The van der Waals surface area contributed by atoms with Crippen LogP contribution in [0.2, 0.25) is 0 Å². The minimum absolute atomic E-state index is 0.0490. The van der Waals surface area contributed by atoms with Gasteiger partial charge in [0.2, 0.25) is 0 Å². The molecule has 6 fully saturated rings. The molecule has 0 amide bonds. The highest BCUT2D eigenvalue weighted by Gasteiger charge is 2.79. The van der Waals surface area contributed by atoms with E-state index in [9.17, 15) is 19.5 Å². The van der Waals surface area contributed by atoms with E-state index >= 15 is 0 Å². The van der Waals surface area contributed by atoms with Crippen molar-refractivity contribution in [2.75, 3.05) is 6.61 Å². The van der Waals surface area contributed by atoms with Crippen LogP contribution in [-0.4, -0.2) is 41.3 Å². The van der Waals surface area contributed by atoms with Crippen LogP contribution in [-0.2, 0) is 28.6 Å². The highest BCUT2D eigenvalue weighted by Crippen LogP contribution is 2.70. The number of furan rings is 1. The summed E-state index contributed by atoms with van der Waals surface area (Å²) in [6.07, 6.45) is 3.48. The fourth-order valence-electron chi connectivity index (χ4n) is 6.77. The molecule has 28 heavy (non-hydrogen) atoms. The van der Waals surface area contributed by atoms with Gasteiger partial charge in [0, 0.05) is 12.0 Å². The van der Waals surface area contributed by atoms with Crippen LogP contribution in [0.25, 0.3) is 0 Å². The normalized spacial score (nSPS) is 48.8. The molecule has 7 atom stereocenters. The predicted octanol–water partition coefficient (Wildman–Crippen LogP) is 1.27. The largest absolute Gasteiger partial charge is 0.472 e. The van der Waals surface area contributed by atoms with Crippen LogP contribution in [0.15, 0.2) is 23.0 Å². The lowest BCUT2D eigenvalue weighted by atomic mass is 9.40. The lowest BCUT2D eigenvalue weighted by Gasteiger charge is -2.65. The van der Waals surface area contributed by atoms with Gasteiger partial charge < -0.3 is 23.7 Å². The molecule has 2 saturated carbocycles. The van der Waals surface area contributed by atoms with Gasteiger partial charge in [-0.15, -0.1) is 0 Å². The summed E-state index contributed by atoms with van der Waals surface area (Å²) in [7, 11) is 0. The van der Waals surface area contributed by atoms with Crippen LogP contribution in [0.3, 0.4) is 0 Å². The lowest BCUT2D eigenvalue weighted by Crippen LogP contribution is -2.74. The summed E-state index contributed by atoms with van der Waals surface area (Å²) >= 11 is 0. The Kier molecular flexibility index (Phi) is 2.95. The molecule has 8 heteroatoms. The van der Waals surface area contributed by atoms with Crippen molar-refractivity contribution in [3.05, 3.63) is 24.2 Å². The molecule has 1 aromatic rings. The number of hydrogen-bond acceptors (Lipinski definition) is 8. The molecule has 7 rings (SSSR count). The van der Waals surface area contributed by atoms with Gasteiger partial charge in [-0.2, -0.15) is 0 Å². The highest BCUT2D eigenvalue weighted by atomic mass is 16.6. The highest BCUT2D eigenvalue weighted by molar-refractivity contribution is 5.90. The molecule has 6 aliphatic rings. The van der Waals surface area contributed by atoms with Gasteiger partial charge in [0.25, 0.3) is 0 Å². The van der Waals surface area contributed by atoms with Crippen LogP contribution in [0, 0.1) is 22.7 Å². The average molecular weight is 388 g/mol. The van der Waals surface area contributed by atoms with Crippen molar-refractivity contribution in [3.63, 3.8) is 0 Å². The zero-order valence-electron chi connectivity index (χ0n) is 15.1. The quantitative estimate of drug-likeness (QED) is 0.565. The third kappa shape index (κ3) is 1.65. The molecule has 1 unspecified atom stereocenters. The first-order valence-electron chi connectivity index (χ1n) is 9.74. The van der Waals surface area contributed by atoms with E-state index < -0.39 is 40.4 Å². The third-order valence-electron chi connectivity index (χ3n) is 8.09. The molecule has 5 bridgehead atoms. The molecule has 5 heterocycles. The van der Waals surface area contributed by atoms with Crippen LogP contribution >= 0.6 is 0 Å². The van der Waals surface area contributed by atoms with Crippen molar-refractivity contribution >= 4 is 17.9 Å². The second kappa shape index (κ2) is 4.97. The molecular formula is C20H20O8. The fourth-order valence-corrected chi connectivity index (χ4v) is 6.77. The predicted molar refractivity (Wildman–Crippen MR) is 88.3 cm³/mol. The van der Waals surface area contributed by atoms with E-state index in [1.54, 1.807) is 6.07 Å². The smallest absolute Gasteiger partial charge is 0.339 e. The summed E-state index contributed by atoms with van der Waals surface area (Å²) in [6, 6.07) is 1.71. The Labute approximate surface area is 160 Å². The fraction of sp³-hybridized carbons (Fsp3) is 0.650. The molecule has 1 N–H and O–H groups in total. The number of hydrogen-bond donors (Lipinski definition) is 1. The van der Waals surface area contributed by atoms with Gasteiger partial charge in [-0.05, 0) is 37.7 Å². The van der Waals surface area contributed by atoms with E-state index in [0.717, 1.165) is 0 Å². The van der Waals surface area contributed by atoms with Gasteiger partial charge in [0.05, 0.1) is 29.3 Å². The van der Waals surface area contributed by atoms with Crippen molar-refractivity contribution in [1.29, 1.82) is 0 Å². The topological polar surface area (TPSA) is 112 Å². The number of carbonyl (C=O) groups is 3. The number of ether oxygens (including phenoxy) is 3. The molecule has 4 aliphatic heterocycles. The minimum atomic E-state index is -1.80. The first-order chi connectivity index (χ1) is 13.4. The van der Waals surface area contributed by atoms with Gasteiger partial charge in [-0.25, -0.2) is 4.79 Å². The van der Waals surface area contributed by atoms with Gasteiger partial charge in [-0.3, -0.25) is 9.59 Å². The maximum absolute atomic E-state index is 13.0. The summed E-state index contributed by atoms with van der Waals surface area (Å²) in [6.45, 7) is -0.102. The second-order valence-electron chi connectivity index (χ2n) is 8.92. The Hall–Kier alpha value is -2.35. The van der Waals surface area contributed by atoms with Crippen molar-refractivity contribution in [3.8, 4) is 0 Å². The van der Waals surface area contributed by atoms with Crippen LogP contribution in [0.4, 0.5) is 0 Å². The summed E-state index contributed by atoms with van der Waals surface area (Å²) < 4.78 is 21.9. The molecule has 0 radical (unpaired) electrons. The van der Waals surface area contributed by atoms with E-state index in [1.807, 2.05) is 0 Å². The first kappa shape index (κ1) is 16.6. The number of aliphatic hydroxyl groups is 1. The van der Waals surface area contributed by atoms with Crippen LogP contribution in [0.5, 0.6) is 0 Å². The summed E-state index contributed by atoms with van der Waals surface area (Å²) in [5, 5.41) is 11.6. The number of fused-ring (bicyclic) bond motifs is 1. The Bertz CT molecular complexity index is 892. The van der Waals surface area contributed by atoms with Crippen molar-refractivity contribution in [2.45, 2.75) is 49.9 Å². The number of rotatable bonds is 1. The Morgan fingerprint density at radius 2 is 1.93 bits per heavy atom. The lowest BCUT2D eigenvalue weighted by molar-refractivity contribution is -0.279. The SMILES string of the molecule is O=C1OC[C@@]23CC(c4ccoc4)OC(=O)[C@]2(O)CC[C@@]24C(=O)O[C@@H](C[C@H]12)C[C@H]43. The van der Waals surface area contributed by atoms with E-state index in [0.29, 0.717) is 18.4 Å². The molecule has 0 aromatic carbocycles.